The highest BCUT2D eigenvalue weighted by molar-refractivity contribution is 6.31. The Morgan fingerprint density at radius 1 is 1.00 bits per heavy atom. The number of carbonyl (C=O) groups is 1. The molecular formula is C36H44ClFN8O3. The number of hydrogen-bond donors (Lipinski definition) is 2. The van der Waals surface area contributed by atoms with Crippen LogP contribution in [0, 0.1) is 5.82 Å². The average molecular weight is 691 g/mol. The number of methoxy groups -OCH3 is 1. The van der Waals surface area contributed by atoms with Gasteiger partial charge < -0.3 is 20.3 Å². The number of aromatic nitrogens is 2. The molecule has 7 rings (SSSR count). The first kappa shape index (κ1) is 33.5. The van der Waals surface area contributed by atoms with E-state index in [0.29, 0.717) is 53.4 Å². The summed E-state index contributed by atoms with van der Waals surface area (Å²) >= 11 is 6.33. The van der Waals surface area contributed by atoms with Crippen molar-refractivity contribution >= 4 is 46.2 Å². The SMILES string of the molecule is C=CC(=O)Nc1cc(Nc2cc(N3OCC[C@@H]3c3cccc(F)c3Cl)ncn2)c(OC)cc1N1CCC(N2CCN(C3CCC3)CC2)CC1. The molecule has 3 aliphatic heterocycles. The van der Waals surface area contributed by atoms with E-state index in [1.807, 2.05) is 12.1 Å². The number of nitrogens with one attached hydrogen (secondary N) is 2. The van der Waals surface area contributed by atoms with Gasteiger partial charge in [-0.05, 0) is 49.5 Å². The Balaban J connectivity index is 1.07. The lowest BCUT2D eigenvalue weighted by Crippen LogP contribution is -2.56. The zero-order valence-electron chi connectivity index (χ0n) is 27.9. The van der Waals surface area contributed by atoms with Crippen LogP contribution >= 0.6 is 11.6 Å². The third-order valence-corrected chi connectivity index (χ3v) is 10.8. The van der Waals surface area contributed by atoms with Crippen molar-refractivity contribution < 1.29 is 18.8 Å². The second-order valence-corrected chi connectivity index (χ2v) is 13.5. The number of hydrogen-bond acceptors (Lipinski definition) is 10. The van der Waals surface area contributed by atoms with Gasteiger partial charge in [-0.2, -0.15) is 0 Å². The summed E-state index contributed by atoms with van der Waals surface area (Å²) in [6, 6.07) is 11.4. The lowest BCUT2D eigenvalue weighted by Gasteiger charge is -2.46. The maximum Gasteiger partial charge on any atom is 0.247 e. The number of nitrogens with zero attached hydrogens (tertiary/aromatic N) is 6. The fraction of sp³-hybridized carbons (Fsp3) is 0.472. The zero-order valence-corrected chi connectivity index (χ0v) is 28.7. The standard InChI is InChI=1S/C36H44ClFN8O3/c1-3-35(47)42-28-20-29(41-33-22-34(40-23-39-33)46-30(12-19-49-46)26-8-5-9-27(38)36(26)37)32(48-2)21-31(28)45-13-10-25(11-14-45)44-17-15-43(16-18-44)24-6-4-7-24/h3,5,8-9,20-25,30H,1,4,6-7,10-19H2,2H3,(H,42,47)(H,39,40,41)/t30-/m1/s1. The van der Waals surface area contributed by atoms with Gasteiger partial charge >= 0.3 is 0 Å². The van der Waals surface area contributed by atoms with Gasteiger partial charge in [0.1, 0.15) is 23.7 Å². The molecule has 1 aliphatic carbocycles. The normalized spacial score (nSPS) is 21.0. The average Bonchev–Trinajstić information content (AvgIpc) is 3.59. The summed E-state index contributed by atoms with van der Waals surface area (Å²) in [5.41, 5.74) is 2.79. The van der Waals surface area contributed by atoms with Gasteiger partial charge in [0.05, 0.1) is 41.8 Å². The van der Waals surface area contributed by atoms with E-state index < -0.39 is 5.82 Å². The van der Waals surface area contributed by atoms with Crippen molar-refractivity contribution in [2.45, 2.75) is 56.7 Å². The molecule has 4 aliphatic rings. The molecule has 11 nitrogen and oxygen atoms in total. The fourth-order valence-electron chi connectivity index (χ4n) is 7.50. The number of hydroxylamine groups is 1. The highest BCUT2D eigenvalue weighted by Gasteiger charge is 2.33. The molecule has 2 aromatic carbocycles. The lowest BCUT2D eigenvalue weighted by molar-refractivity contribution is -0.111. The number of ether oxygens (including phenoxy) is 1. The molecule has 0 bridgehead atoms. The minimum atomic E-state index is -0.479. The van der Waals surface area contributed by atoms with Crippen LogP contribution in [0.4, 0.5) is 33.1 Å². The van der Waals surface area contributed by atoms with Crippen LogP contribution in [-0.4, -0.2) is 90.7 Å². The number of amides is 1. The van der Waals surface area contributed by atoms with E-state index in [9.17, 15) is 9.18 Å². The van der Waals surface area contributed by atoms with Crippen LogP contribution in [0.1, 0.15) is 50.1 Å². The third kappa shape index (κ3) is 7.19. The molecule has 260 valence electrons. The van der Waals surface area contributed by atoms with Gasteiger partial charge in [-0.1, -0.05) is 36.7 Å². The van der Waals surface area contributed by atoms with Crippen LogP contribution in [0.3, 0.4) is 0 Å². The Morgan fingerprint density at radius 2 is 1.73 bits per heavy atom. The Bertz CT molecular complexity index is 1660. The minimum absolute atomic E-state index is 0.0700. The van der Waals surface area contributed by atoms with Gasteiger partial charge in [-0.3, -0.25) is 19.4 Å². The number of anilines is 5. The van der Waals surface area contributed by atoms with Gasteiger partial charge in [0.25, 0.3) is 0 Å². The van der Waals surface area contributed by atoms with Crippen LogP contribution in [0.2, 0.25) is 5.02 Å². The molecule has 1 atom stereocenters. The van der Waals surface area contributed by atoms with E-state index in [4.69, 9.17) is 21.2 Å². The van der Waals surface area contributed by atoms with Gasteiger partial charge in [-0.15, -0.1) is 0 Å². The third-order valence-electron chi connectivity index (χ3n) is 10.4. The number of halogens is 2. The molecule has 2 N–H and O–H groups in total. The molecular weight excluding hydrogens is 647 g/mol. The summed E-state index contributed by atoms with van der Waals surface area (Å²) in [7, 11) is 1.62. The van der Waals surface area contributed by atoms with Crippen LogP contribution < -0.4 is 25.3 Å². The molecule has 1 amide bonds. The topological polar surface area (TPSA) is 98.3 Å². The zero-order chi connectivity index (χ0) is 33.9. The van der Waals surface area contributed by atoms with E-state index in [2.05, 4.69) is 41.9 Å². The van der Waals surface area contributed by atoms with E-state index in [0.717, 1.165) is 50.7 Å². The van der Waals surface area contributed by atoms with Crippen molar-refractivity contribution in [3.05, 3.63) is 71.8 Å². The molecule has 49 heavy (non-hydrogen) atoms. The van der Waals surface area contributed by atoms with E-state index in [-0.39, 0.29) is 17.0 Å². The van der Waals surface area contributed by atoms with Crippen LogP contribution in [0.25, 0.3) is 0 Å². The van der Waals surface area contributed by atoms with E-state index >= 15 is 0 Å². The van der Waals surface area contributed by atoms with Crippen molar-refractivity contribution in [2.24, 2.45) is 0 Å². The first-order valence-corrected chi connectivity index (χ1v) is 17.6. The number of rotatable bonds is 10. The summed E-state index contributed by atoms with van der Waals surface area (Å²) < 4.78 is 20.1. The van der Waals surface area contributed by atoms with Crippen molar-refractivity contribution in [3.63, 3.8) is 0 Å². The molecule has 4 fully saturated rings. The Labute approximate surface area is 292 Å². The van der Waals surface area contributed by atoms with E-state index in [1.54, 1.807) is 30.4 Å². The summed E-state index contributed by atoms with van der Waals surface area (Å²) in [5.74, 6) is 0.795. The second-order valence-electron chi connectivity index (χ2n) is 13.1. The number of benzene rings is 2. The summed E-state index contributed by atoms with van der Waals surface area (Å²) in [6.45, 7) is 10.5. The highest BCUT2D eigenvalue weighted by Crippen LogP contribution is 2.41. The number of piperazine rings is 1. The number of piperidine rings is 1. The Kier molecular flexibility index (Phi) is 10.2. The minimum Gasteiger partial charge on any atom is -0.494 e. The van der Waals surface area contributed by atoms with Crippen LogP contribution in [0.5, 0.6) is 5.75 Å². The van der Waals surface area contributed by atoms with Gasteiger partial charge in [-0.25, -0.2) is 19.4 Å². The molecule has 3 aromatic rings. The summed E-state index contributed by atoms with van der Waals surface area (Å²) in [5, 5.41) is 8.07. The Hall–Kier alpha value is -3.97. The molecule has 1 saturated carbocycles. The van der Waals surface area contributed by atoms with Crippen molar-refractivity contribution in [1.82, 2.24) is 19.8 Å². The lowest BCUT2D eigenvalue weighted by atomic mass is 9.91. The van der Waals surface area contributed by atoms with Crippen LogP contribution in [0.15, 0.2) is 55.4 Å². The molecule has 13 heteroatoms. The Morgan fingerprint density at radius 3 is 2.41 bits per heavy atom. The van der Waals surface area contributed by atoms with Crippen molar-refractivity contribution in [3.8, 4) is 5.75 Å². The quantitative estimate of drug-likeness (QED) is 0.241. The smallest absolute Gasteiger partial charge is 0.247 e. The largest absolute Gasteiger partial charge is 0.494 e. The van der Waals surface area contributed by atoms with Gasteiger partial charge in [0.15, 0.2) is 5.82 Å². The molecule has 0 unspecified atom stereocenters. The predicted molar refractivity (Wildman–Crippen MR) is 190 cm³/mol. The van der Waals surface area contributed by atoms with Crippen molar-refractivity contribution in [2.75, 3.05) is 73.6 Å². The molecule has 4 heterocycles. The maximum atomic E-state index is 14.3. The summed E-state index contributed by atoms with van der Waals surface area (Å²) in [4.78, 5) is 35.1. The van der Waals surface area contributed by atoms with E-state index in [1.165, 1.54) is 50.8 Å². The van der Waals surface area contributed by atoms with Crippen molar-refractivity contribution in [1.29, 1.82) is 0 Å². The van der Waals surface area contributed by atoms with Gasteiger partial charge in [0, 0.05) is 69.9 Å². The maximum absolute atomic E-state index is 14.3. The molecule has 0 radical (unpaired) electrons. The molecule has 0 spiro atoms. The second kappa shape index (κ2) is 14.9. The monoisotopic (exact) mass is 690 g/mol. The fourth-order valence-corrected chi connectivity index (χ4v) is 7.75. The first-order valence-electron chi connectivity index (χ1n) is 17.3. The molecule has 1 aromatic heterocycles. The highest BCUT2D eigenvalue weighted by atomic mass is 35.5. The predicted octanol–water partition coefficient (Wildman–Crippen LogP) is 6.17. The number of carbonyl (C=O) groups excluding carboxylic acids is 1. The molecule has 3 saturated heterocycles. The summed E-state index contributed by atoms with van der Waals surface area (Å²) in [6.07, 6.45) is 9.55. The van der Waals surface area contributed by atoms with Crippen LogP contribution in [-0.2, 0) is 9.63 Å². The van der Waals surface area contributed by atoms with Gasteiger partial charge in [0.2, 0.25) is 5.91 Å². The first-order chi connectivity index (χ1) is 23.9.